The third kappa shape index (κ3) is 5.13. The molecule has 2 aliphatic rings. The molecule has 1 amide bonds. The van der Waals surface area contributed by atoms with Crippen molar-refractivity contribution in [3.63, 3.8) is 0 Å². The molecule has 2 fully saturated rings. The van der Waals surface area contributed by atoms with E-state index in [2.05, 4.69) is 26.9 Å². The summed E-state index contributed by atoms with van der Waals surface area (Å²) < 4.78 is 1.81. The number of nitrogens with one attached hydrogen (secondary N) is 1. The van der Waals surface area contributed by atoms with Crippen LogP contribution in [0.5, 0.6) is 0 Å². The molecule has 9 nitrogen and oxygen atoms in total. The summed E-state index contributed by atoms with van der Waals surface area (Å²) in [6, 6.07) is 17.9. The summed E-state index contributed by atoms with van der Waals surface area (Å²) in [4.78, 5) is 46.5. The van der Waals surface area contributed by atoms with Gasteiger partial charge in [0.15, 0.2) is 0 Å². The standard InChI is InChI=1S/C28H35N5O4/c34-25(35)13-6-7-17-31-21-33(22-9-2-1-3-10-22)28(26(31)36)14-19-30(20-15-28)16-8-18-32-24-12-5-4-11-23(24)29-27(32)37/h1-5,9-12H,6-8,13-21H2,(H,29,37)(H,34,35). The Hall–Kier alpha value is -3.59. The molecular weight excluding hydrogens is 470 g/mol. The average molecular weight is 506 g/mol. The van der Waals surface area contributed by atoms with Gasteiger partial charge in [-0.2, -0.15) is 0 Å². The van der Waals surface area contributed by atoms with E-state index < -0.39 is 11.5 Å². The van der Waals surface area contributed by atoms with Crippen LogP contribution in [0.15, 0.2) is 59.4 Å². The maximum Gasteiger partial charge on any atom is 0.326 e. The number of hydrogen-bond acceptors (Lipinski definition) is 5. The van der Waals surface area contributed by atoms with Crippen LogP contribution in [-0.2, 0) is 16.1 Å². The Labute approximate surface area is 216 Å². The number of fused-ring (bicyclic) bond motifs is 1. The Morgan fingerprint density at radius 1 is 0.892 bits per heavy atom. The van der Waals surface area contributed by atoms with Crippen molar-refractivity contribution in [1.29, 1.82) is 0 Å². The van der Waals surface area contributed by atoms with E-state index in [0.717, 1.165) is 55.6 Å². The number of unbranched alkanes of at least 4 members (excludes halogenated alkanes) is 1. The molecule has 5 rings (SSSR count). The molecule has 3 aromatic rings. The lowest BCUT2D eigenvalue weighted by Crippen LogP contribution is -2.56. The Kier molecular flexibility index (Phi) is 7.32. The van der Waals surface area contributed by atoms with Gasteiger partial charge in [-0.3, -0.25) is 14.2 Å². The van der Waals surface area contributed by atoms with Crippen LogP contribution < -0.4 is 10.6 Å². The second kappa shape index (κ2) is 10.8. The van der Waals surface area contributed by atoms with Gasteiger partial charge in [0.05, 0.1) is 17.7 Å². The van der Waals surface area contributed by atoms with Crippen molar-refractivity contribution >= 4 is 28.6 Å². The van der Waals surface area contributed by atoms with E-state index >= 15 is 0 Å². The molecule has 196 valence electrons. The van der Waals surface area contributed by atoms with Crippen molar-refractivity contribution in [2.75, 3.05) is 37.7 Å². The number of carboxylic acids is 1. The number of hydrogen-bond donors (Lipinski definition) is 2. The number of benzene rings is 2. The Bertz CT molecular complexity index is 1290. The maximum atomic E-state index is 13.7. The predicted octanol–water partition coefficient (Wildman–Crippen LogP) is 3.12. The van der Waals surface area contributed by atoms with Crippen LogP contribution in [0.4, 0.5) is 5.69 Å². The lowest BCUT2D eigenvalue weighted by molar-refractivity contribution is -0.137. The predicted molar refractivity (Wildman–Crippen MR) is 143 cm³/mol. The largest absolute Gasteiger partial charge is 0.481 e. The molecule has 0 saturated carbocycles. The van der Waals surface area contributed by atoms with Crippen molar-refractivity contribution in [2.45, 2.75) is 50.6 Å². The number of aliphatic carboxylic acids is 1. The normalized spacial score (nSPS) is 17.8. The van der Waals surface area contributed by atoms with Crippen LogP contribution >= 0.6 is 0 Å². The minimum absolute atomic E-state index is 0.0719. The molecule has 2 N–H and O–H groups in total. The zero-order valence-corrected chi connectivity index (χ0v) is 21.1. The monoisotopic (exact) mass is 505 g/mol. The van der Waals surface area contributed by atoms with Gasteiger partial charge in [-0.25, -0.2) is 4.79 Å². The third-order valence-electron chi connectivity index (χ3n) is 7.87. The van der Waals surface area contributed by atoms with Crippen LogP contribution in [0.1, 0.15) is 38.5 Å². The number of carbonyl (C=O) groups is 2. The number of imidazole rings is 1. The fourth-order valence-corrected chi connectivity index (χ4v) is 5.88. The molecule has 0 radical (unpaired) electrons. The number of aromatic amines is 1. The van der Waals surface area contributed by atoms with Gasteiger partial charge in [-0.05, 0) is 62.9 Å². The van der Waals surface area contributed by atoms with Gasteiger partial charge in [0, 0.05) is 38.3 Å². The maximum absolute atomic E-state index is 13.7. The summed E-state index contributed by atoms with van der Waals surface area (Å²) in [5, 5.41) is 8.94. The number of aryl methyl sites for hydroxylation is 1. The van der Waals surface area contributed by atoms with E-state index in [1.165, 1.54) is 0 Å². The highest BCUT2D eigenvalue weighted by atomic mass is 16.4. The van der Waals surface area contributed by atoms with Crippen molar-refractivity contribution in [1.82, 2.24) is 19.4 Å². The first-order chi connectivity index (χ1) is 18.0. The lowest BCUT2D eigenvalue weighted by Gasteiger charge is -2.43. The summed E-state index contributed by atoms with van der Waals surface area (Å²) >= 11 is 0. The number of aromatic nitrogens is 2. The van der Waals surface area contributed by atoms with E-state index in [1.807, 2.05) is 47.4 Å². The van der Waals surface area contributed by atoms with E-state index in [4.69, 9.17) is 5.11 Å². The van der Waals surface area contributed by atoms with Crippen molar-refractivity contribution in [3.05, 3.63) is 65.1 Å². The minimum Gasteiger partial charge on any atom is -0.481 e. The number of H-pyrrole nitrogens is 1. The number of likely N-dealkylation sites (tertiary alicyclic amines) is 1. The third-order valence-corrected chi connectivity index (χ3v) is 7.87. The van der Waals surface area contributed by atoms with Crippen LogP contribution in [-0.4, -0.2) is 74.7 Å². The SMILES string of the molecule is O=C(O)CCCCN1CN(c2ccccc2)C2(CCN(CCCn3c(=O)[nH]c4ccccc43)CC2)C1=O. The Morgan fingerprint density at radius 2 is 1.62 bits per heavy atom. The molecule has 2 aromatic carbocycles. The molecule has 1 aromatic heterocycles. The minimum atomic E-state index is -0.794. The summed E-state index contributed by atoms with van der Waals surface area (Å²) in [7, 11) is 0. The van der Waals surface area contributed by atoms with Crippen LogP contribution in [0.25, 0.3) is 11.0 Å². The number of amides is 1. The Balaban J connectivity index is 1.22. The molecule has 37 heavy (non-hydrogen) atoms. The molecule has 0 atom stereocenters. The van der Waals surface area contributed by atoms with Crippen LogP contribution in [0.3, 0.4) is 0 Å². The van der Waals surface area contributed by atoms with Gasteiger partial charge < -0.3 is 24.8 Å². The number of carboxylic acid groups (broad SMARTS) is 1. The highest BCUT2D eigenvalue weighted by Crippen LogP contribution is 2.39. The molecule has 3 heterocycles. The topological polar surface area (TPSA) is 102 Å². The molecule has 1 spiro atoms. The van der Waals surface area contributed by atoms with E-state index in [-0.39, 0.29) is 18.0 Å². The molecule has 2 aliphatic heterocycles. The first kappa shape index (κ1) is 25.1. The zero-order chi connectivity index (χ0) is 25.8. The number of nitrogens with zero attached hydrogens (tertiary/aromatic N) is 4. The van der Waals surface area contributed by atoms with Gasteiger partial charge in [-0.15, -0.1) is 0 Å². The van der Waals surface area contributed by atoms with Crippen LogP contribution in [0, 0.1) is 0 Å². The molecule has 0 bridgehead atoms. The summed E-state index contributed by atoms with van der Waals surface area (Å²) in [5.41, 5.74) is 2.22. The molecule has 0 aliphatic carbocycles. The summed E-state index contributed by atoms with van der Waals surface area (Å²) in [6.45, 7) is 4.30. The molecule has 0 unspecified atom stereocenters. The average Bonchev–Trinajstić information content (AvgIpc) is 3.37. The second-order valence-corrected chi connectivity index (χ2v) is 10.2. The Morgan fingerprint density at radius 3 is 2.38 bits per heavy atom. The van der Waals surface area contributed by atoms with E-state index in [0.29, 0.717) is 32.6 Å². The second-order valence-electron chi connectivity index (χ2n) is 10.2. The van der Waals surface area contributed by atoms with Gasteiger partial charge in [0.25, 0.3) is 0 Å². The van der Waals surface area contributed by atoms with E-state index in [1.54, 1.807) is 4.57 Å². The van der Waals surface area contributed by atoms with Gasteiger partial charge in [0.2, 0.25) is 5.91 Å². The van der Waals surface area contributed by atoms with Crippen molar-refractivity contribution in [2.24, 2.45) is 0 Å². The van der Waals surface area contributed by atoms with Gasteiger partial charge >= 0.3 is 11.7 Å². The quantitative estimate of drug-likeness (QED) is 0.411. The van der Waals surface area contributed by atoms with Crippen molar-refractivity contribution in [3.8, 4) is 0 Å². The first-order valence-corrected chi connectivity index (χ1v) is 13.2. The number of rotatable bonds is 10. The molecule has 2 saturated heterocycles. The van der Waals surface area contributed by atoms with Gasteiger partial charge in [-0.1, -0.05) is 30.3 Å². The van der Waals surface area contributed by atoms with E-state index in [9.17, 15) is 14.4 Å². The number of anilines is 1. The first-order valence-electron chi connectivity index (χ1n) is 13.2. The van der Waals surface area contributed by atoms with Gasteiger partial charge in [0.1, 0.15) is 5.54 Å². The zero-order valence-electron chi connectivity index (χ0n) is 21.1. The van der Waals surface area contributed by atoms with Crippen LogP contribution in [0.2, 0.25) is 0 Å². The molecular formula is C28H35N5O4. The summed E-state index contributed by atoms with van der Waals surface area (Å²) in [6.07, 6.45) is 3.76. The lowest BCUT2D eigenvalue weighted by atomic mass is 9.85. The highest BCUT2D eigenvalue weighted by molar-refractivity contribution is 5.93. The number of para-hydroxylation sites is 3. The fraction of sp³-hybridized carbons (Fsp3) is 0.464. The number of piperidine rings is 1. The number of carbonyl (C=O) groups excluding carboxylic acids is 1. The summed E-state index contributed by atoms with van der Waals surface area (Å²) in [5.74, 6) is -0.631. The van der Waals surface area contributed by atoms with Crippen molar-refractivity contribution < 1.29 is 14.7 Å². The molecule has 9 heteroatoms. The fourth-order valence-electron chi connectivity index (χ4n) is 5.88. The highest BCUT2D eigenvalue weighted by Gasteiger charge is 2.53. The smallest absolute Gasteiger partial charge is 0.326 e.